The fourth-order valence-corrected chi connectivity index (χ4v) is 7.39. The number of aromatic amines is 1. The quantitative estimate of drug-likeness (QED) is 0.206. The van der Waals surface area contributed by atoms with E-state index in [9.17, 15) is 9.59 Å². The molecular formula is C26H35N4O4PS. The van der Waals surface area contributed by atoms with Crippen molar-refractivity contribution in [2.75, 3.05) is 12.7 Å². The molecule has 194 valence electrons. The Labute approximate surface area is 218 Å². The molecule has 0 spiro atoms. The first kappa shape index (κ1) is 28.3. The molecule has 8 nitrogen and oxygen atoms in total. The van der Waals surface area contributed by atoms with E-state index in [1.165, 1.54) is 22.1 Å². The van der Waals surface area contributed by atoms with Crippen molar-refractivity contribution in [3.63, 3.8) is 0 Å². The zero-order valence-electron chi connectivity index (χ0n) is 21.6. The van der Waals surface area contributed by atoms with Gasteiger partial charge in [0.1, 0.15) is 20.1 Å². The van der Waals surface area contributed by atoms with Crippen LogP contribution in [0.1, 0.15) is 71.2 Å². The molecule has 3 rings (SSSR count). The lowest BCUT2D eigenvalue weighted by Gasteiger charge is -2.38. The molecule has 3 heterocycles. The highest BCUT2D eigenvalue weighted by Gasteiger charge is 2.39. The van der Waals surface area contributed by atoms with E-state index in [-0.39, 0.29) is 17.8 Å². The Hall–Kier alpha value is -2.26. The minimum Gasteiger partial charge on any atom is -0.352 e. The van der Waals surface area contributed by atoms with Crippen molar-refractivity contribution in [2.24, 2.45) is 0 Å². The second kappa shape index (κ2) is 13.3. The van der Waals surface area contributed by atoms with Gasteiger partial charge in [0.25, 0.3) is 5.56 Å². The van der Waals surface area contributed by atoms with Crippen molar-refractivity contribution in [1.82, 2.24) is 14.2 Å². The van der Waals surface area contributed by atoms with E-state index in [0.29, 0.717) is 25.0 Å². The highest BCUT2D eigenvalue weighted by atomic mass is 32.1. The molecule has 0 bridgehead atoms. The van der Waals surface area contributed by atoms with Crippen LogP contribution >= 0.6 is 19.6 Å². The summed E-state index contributed by atoms with van der Waals surface area (Å²) in [6, 6.07) is 2.48. The van der Waals surface area contributed by atoms with Crippen LogP contribution in [-0.2, 0) is 9.26 Å². The second-order valence-electron chi connectivity index (χ2n) is 9.27. The zero-order chi connectivity index (χ0) is 26.2. The van der Waals surface area contributed by atoms with Gasteiger partial charge in [0, 0.05) is 48.2 Å². The topological polar surface area (TPSA) is 80.9 Å². The Morgan fingerprint density at radius 3 is 2.69 bits per heavy atom. The first-order valence-corrected chi connectivity index (χ1v) is 14.7. The number of hydrogen-bond donors (Lipinski definition) is 1. The van der Waals surface area contributed by atoms with Gasteiger partial charge >= 0.3 is 5.69 Å². The summed E-state index contributed by atoms with van der Waals surface area (Å²) in [5.74, 6) is 5.85. The van der Waals surface area contributed by atoms with Crippen LogP contribution < -0.4 is 11.2 Å². The van der Waals surface area contributed by atoms with E-state index in [2.05, 4.69) is 54.0 Å². The fraction of sp³-hybridized carbons (Fsp3) is 0.577. The molecule has 1 aliphatic rings. The molecule has 0 saturated carbocycles. The van der Waals surface area contributed by atoms with Crippen LogP contribution in [0, 0.1) is 18.4 Å². The van der Waals surface area contributed by atoms with Crippen LogP contribution in [-0.4, -0.2) is 51.2 Å². The summed E-state index contributed by atoms with van der Waals surface area (Å²) in [4.78, 5) is 31.0. The Kier molecular flexibility index (Phi) is 10.5. The Morgan fingerprint density at radius 2 is 2.08 bits per heavy atom. The van der Waals surface area contributed by atoms with Gasteiger partial charge < -0.3 is 14.1 Å². The average molecular weight is 531 g/mol. The van der Waals surface area contributed by atoms with Gasteiger partial charge in [-0.1, -0.05) is 18.8 Å². The number of hydrogen-bond acceptors (Lipinski definition) is 6. The molecule has 1 N–H and O–H groups in total. The maximum atomic E-state index is 12.7. The molecule has 2 aromatic rings. The predicted molar refractivity (Wildman–Crippen MR) is 145 cm³/mol. The van der Waals surface area contributed by atoms with E-state index in [1.807, 2.05) is 23.8 Å². The summed E-state index contributed by atoms with van der Waals surface area (Å²) in [6.07, 6.45) is 3.38. The number of nitrogens with one attached hydrogen (secondary N) is 1. The van der Waals surface area contributed by atoms with Crippen LogP contribution in [0.3, 0.4) is 0 Å². The number of rotatable bonds is 10. The summed E-state index contributed by atoms with van der Waals surface area (Å²) >= 11 is 1.53. The van der Waals surface area contributed by atoms with Crippen molar-refractivity contribution < 1.29 is 9.26 Å². The maximum absolute atomic E-state index is 12.7. The molecule has 36 heavy (non-hydrogen) atoms. The normalized spacial score (nSPS) is 20.5. The summed E-state index contributed by atoms with van der Waals surface area (Å²) in [5, 5.41) is 3.82. The van der Waals surface area contributed by atoms with E-state index in [0.717, 1.165) is 24.6 Å². The van der Waals surface area contributed by atoms with Crippen LogP contribution in [0.2, 0.25) is 0 Å². The van der Waals surface area contributed by atoms with E-state index >= 15 is 0 Å². The standard InChI is InChI=1S/C26H35N4O4PS/c1-7-22-23(34-35(13-8-12-27-6)30(18(2)3)19(4)5)15-24(33-22)29-16-21(25(31)28-26(29)32)10-9-20-11-14-36-17-20/h11,14,16-19,22-24H,7-8,12-13,15H2,1-5H3,(H,28,31,32)/t22-,23?,24-,35?/m1/s1. The molecule has 0 aliphatic carbocycles. The van der Waals surface area contributed by atoms with E-state index in [4.69, 9.17) is 15.8 Å². The SMILES string of the molecule is [C-]#[N+]CCCP(OC1C[C@H](n2cc(C#Cc3ccsc3)c(=O)[nH]c2=O)O[C@@H]1CC)N(C(C)C)C(C)C. The fourth-order valence-electron chi connectivity index (χ4n) is 4.38. The van der Waals surface area contributed by atoms with Gasteiger partial charge in [-0.15, -0.1) is 0 Å². The summed E-state index contributed by atoms with van der Waals surface area (Å²) in [5.41, 5.74) is 0.00534. The van der Waals surface area contributed by atoms with Gasteiger partial charge in [-0.2, -0.15) is 11.3 Å². The average Bonchev–Trinajstić information content (AvgIpc) is 3.48. The Balaban J connectivity index is 1.85. The molecule has 1 saturated heterocycles. The third-order valence-corrected chi connectivity index (χ3v) is 9.25. The van der Waals surface area contributed by atoms with Crippen LogP contribution in [0.5, 0.6) is 0 Å². The number of H-pyrrole nitrogens is 1. The minimum absolute atomic E-state index is 0.179. The first-order valence-electron chi connectivity index (χ1n) is 12.4. The summed E-state index contributed by atoms with van der Waals surface area (Å²) in [6.45, 7) is 18.3. The van der Waals surface area contributed by atoms with Crippen LogP contribution in [0.15, 0.2) is 32.6 Å². The van der Waals surface area contributed by atoms with Gasteiger partial charge in [-0.3, -0.25) is 19.0 Å². The van der Waals surface area contributed by atoms with Crippen molar-refractivity contribution in [3.8, 4) is 11.8 Å². The molecular weight excluding hydrogens is 495 g/mol. The molecule has 1 aliphatic heterocycles. The number of thiophene rings is 1. The van der Waals surface area contributed by atoms with Gasteiger partial charge in [-0.25, -0.2) is 11.4 Å². The Bertz CT molecular complexity index is 1200. The lowest BCUT2D eigenvalue weighted by atomic mass is 10.1. The first-order chi connectivity index (χ1) is 17.2. The largest absolute Gasteiger partial charge is 0.352 e. The summed E-state index contributed by atoms with van der Waals surface area (Å²) < 4.78 is 16.8. The van der Waals surface area contributed by atoms with Crippen molar-refractivity contribution in [3.05, 3.63) is 66.4 Å². The minimum atomic E-state index is -0.948. The lowest BCUT2D eigenvalue weighted by Crippen LogP contribution is -2.36. The second-order valence-corrected chi connectivity index (χ2v) is 11.9. The number of ether oxygens (including phenoxy) is 1. The van der Waals surface area contributed by atoms with Gasteiger partial charge in [-0.05, 0) is 45.6 Å². The molecule has 2 unspecified atom stereocenters. The molecule has 10 heteroatoms. The molecule has 4 atom stereocenters. The van der Waals surface area contributed by atoms with Crippen molar-refractivity contribution >= 4 is 19.6 Å². The molecule has 0 radical (unpaired) electrons. The van der Waals surface area contributed by atoms with E-state index < -0.39 is 25.8 Å². The van der Waals surface area contributed by atoms with Crippen LogP contribution in [0.4, 0.5) is 0 Å². The lowest BCUT2D eigenvalue weighted by molar-refractivity contribution is -0.0178. The smallest absolute Gasteiger partial charge is 0.330 e. The van der Waals surface area contributed by atoms with Crippen molar-refractivity contribution in [1.29, 1.82) is 0 Å². The molecule has 1 fully saturated rings. The maximum Gasteiger partial charge on any atom is 0.330 e. The number of nitrogens with zero attached hydrogens (tertiary/aromatic N) is 3. The molecule has 0 amide bonds. The van der Waals surface area contributed by atoms with Gasteiger partial charge in [0.05, 0.1) is 12.2 Å². The Morgan fingerprint density at radius 1 is 1.33 bits per heavy atom. The summed E-state index contributed by atoms with van der Waals surface area (Å²) in [7, 11) is -0.948. The molecule has 2 aromatic heterocycles. The third-order valence-electron chi connectivity index (χ3n) is 5.92. The van der Waals surface area contributed by atoms with Crippen LogP contribution in [0.25, 0.3) is 4.85 Å². The third kappa shape index (κ3) is 7.16. The van der Waals surface area contributed by atoms with Gasteiger partial charge in [0.15, 0.2) is 0 Å². The highest BCUT2D eigenvalue weighted by molar-refractivity contribution is 7.50. The van der Waals surface area contributed by atoms with E-state index in [1.54, 1.807) is 0 Å². The highest BCUT2D eigenvalue weighted by Crippen LogP contribution is 2.49. The predicted octanol–water partition coefficient (Wildman–Crippen LogP) is 4.82. The molecule has 0 aromatic carbocycles. The number of aromatic nitrogens is 2. The van der Waals surface area contributed by atoms with Crippen molar-refractivity contribution in [2.45, 2.75) is 84.4 Å². The monoisotopic (exact) mass is 530 g/mol. The zero-order valence-corrected chi connectivity index (χ0v) is 23.3. The van der Waals surface area contributed by atoms with Gasteiger partial charge in [0.2, 0.25) is 6.54 Å².